The first-order valence-corrected chi connectivity index (χ1v) is 15.8. The Morgan fingerprint density at radius 1 is 0.957 bits per heavy atom. The van der Waals surface area contributed by atoms with Gasteiger partial charge in [0.05, 0.1) is 16.9 Å². The van der Waals surface area contributed by atoms with E-state index in [9.17, 15) is 24.6 Å². The number of carbonyl (C=O) groups is 3. The molecule has 1 aromatic heterocycles. The maximum absolute atomic E-state index is 14.4. The summed E-state index contributed by atoms with van der Waals surface area (Å²) in [6, 6.07) is 20.3. The number of unbranched alkanes of at least 4 members (excludes halogenated alkanes) is 1. The molecule has 0 fully saturated rings. The van der Waals surface area contributed by atoms with Crippen LogP contribution in [0.4, 0.5) is 0 Å². The highest BCUT2D eigenvalue weighted by atomic mass is 16.6. The minimum Gasteiger partial charge on any atom is -0.476 e. The highest BCUT2D eigenvalue weighted by molar-refractivity contribution is 6.06. The largest absolute Gasteiger partial charge is 0.476 e. The summed E-state index contributed by atoms with van der Waals surface area (Å²) < 4.78 is 7.28. The van der Waals surface area contributed by atoms with E-state index in [1.165, 1.54) is 11.6 Å². The molecule has 1 aliphatic heterocycles. The summed E-state index contributed by atoms with van der Waals surface area (Å²) in [7, 11) is 0. The van der Waals surface area contributed by atoms with Gasteiger partial charge in [-0.15, -0.1) is 0 Å². The van der Waals surface area contributed by atoms with Gasteiger partial charge in [-0.05, 0) is 93.0 Å². The molecule has 2 N–H and O–H groups in total. The number of benzene rings is 3. The van der Waals surface area contributed by atoms with Gasteiger partial charge in [0.25, 0.3) is 5.91 Å². The number of aliphatic hydroxyl groups is 1. The number of esters is 1. The highest BCUT2D eigenvalue weighted by Gasteiger charge is 2.31. The summed E-state index contributed by atoms with van der Waals surface area (Å²) in [5.41, 5.74) is 4.81. The lowest BCUT2D eigenvalue weighted by Gasteiger charge is -2.30. The molecule has 0 aliphatic carbocycles. The van der Waals surface area contributed by atoms with Gasteiger partial charge in [-0.3, -0.25) is 4.79 Å². The molecular formula is C37H41N3O6. The van der Waals surface area contributed by atoms with Gasteiger partial charge in [0, 0.05) is 30.8 Å². The number of aliphatic hydroxyl groups excluding tert-OH is 1. The van der Waals surface area contributed by atoms with Crippen molar-refractivity contribution in [2.45, 2.75) is 71.9 Å². The highest BCUT2D eigenvalue weighted by Crippen LogP contribution is 2.36. The maximum Gasteiger partial charge on any atom is 0.357 e. The number of hydrogen-bond acceptors (Lipinski definition) is 6. The molecule has 0 spiro atoms. The molecule has 240 valence electrons. The first kappa shape index (κ1) is 32.6. The SMILES string of the molecule is CCCCc1c(-c2ccc(C(=O)OC(C)(C)C)cc2C(=O)N2CCc3ccccc3C2)c(C(=O)O)nn1-c1ccc(CCO)cc1. The lowest BCUT2D eigenvalue weighted by atomic mass is 9.92. The summed E-state index contributed by atoms with van der Waals surface area (Å²) in [5.74, 6) is -2.08. The number of hydrogen-bond donors (Lipinski definition) is 2. The Morgan fingerprint density at radius 3 is 2.33 bits per heavy atom. The number of amides is 1. The van der Waals surface area contributed by atoms with E-state index in [1.807, 2.05) is 42.5 Å². The van der Waals surface area contributed by atoms with Gasteiger partial charge >= 0.3 is 11.9 Å². The predicted octanol–water partition coefficient (Wildman–Crippen LogP) is 6.27. The zero-order valence-electron chi connectivity index (χ0n) is 26.9. The third-order valence-corrected chi connectivity index (χ3v) is 8.10. The summed E-state index contributed by atoms with van der Waals surface area (Å²) in [6.45, 7) is 8.30. The van der Waals surface area contributed by atoms with Crippen LogP contribution in [0.15, 0.2) is 66.7 Å². The molecule has 46 heavy (non-hydrogen) atoms. The number of ether oxygens (including phenoxy) is 1. The Kier molecular flexibility index (Phi) is 9.72. The first-order chi connectivity index (χ1) is 22.0. The van der Waals surface area contributed by atoms with Gasteiger partial charge in [0.15, 0.2) is 5.69 Å². The van der Waals surface area contributed by atoms with Crippen molar-refractivity contribution in [3.63, 3.8) is 0 Å². The van der Waals surface area contributed by atoms with Crippen molar-refractivity contribution in [1.82, 2.24) is 14.7 Å². The van der Waals surface area contributed by atoms with Crippen molar-refractivity contribution in [2.24, 2.45) is 0 Å². The van der Waals surface area contributed by atoms with Gasteiger partial charge in [0.1, 0.15) is 5.60 Å². The molecule has 9 nitrogen and oxygen atoms in total. The average Bonchev–Trinajstić information content (AvgIpc) is 3.42. The molecular weight excluding hydrogens is 582 g/mol. The minimum absolute atomic E-state index is 0.0227. The maximum atomic E-state index is 14.4. The fourth-order valence-corrected chi connectivity index (χ4v) is 5.85. The molecule has 0 unspecified atom stereocenters. The molecule has 0 radical (unpaired) electrons. The van der Waals surface area contributed by atoms with Gasteiger partial charge < -0.3 is 19.8 Å². The van der Waals surface area contributed by atoms with Crippen LogP contribution in [-0.2, 0) is 30.5 Å². The molecule has 0 saturated carbocycles. The summed E-state index contributed by atoms with van der Waals surface area (Å²) in [5, 5.41) is 24.4. The quantitative estimate of drug-likeness (QED) is 0.200. The second-order valence-corrected chi connectivity index (χ2v) is 12.6. The second kappa shape index (κ2) is 13.7. The Labute approximate surface area is 269 Å². The lowest BCUT2D eigenvalue weighted by molar-refractivity contribution is 0.00692. The van der Waals surface area contributed by atoms with Crippen LogP contribution in [0.1, 0.15) is 94.1 Å². The summed E-state index contributed by atoms with van der Waals surface area (Å²) in [6.07, 6.45) is 3.34. The number of fused-ring (bicyclic) bond motifs is 1. The van der Waals surface area contributed by atoms with Crippen LogP contribution in [0.2, 0.25) is 0 Å². The topological polar surface area (TPSA) is 122 Å². The van der Waals surface area contributed by atoms with Crippen LogP contribution in [-0.4, -0.2) is 61.5 Å². The molecule has 1 aliphatic rings. The van der Waals surface area contributed by atoms with Gasteiger partial charge in [-0.25, -0.2) is 14.3 Å². The zero-order valence-corrected chi connectivity index (χ0v) is 26.9. The number of carboxylic acid groups (broad SMARTS) is 1. The molecule has 5 rings (SSSR count). The van der Waals surface area contributed by atoms with Crippen molar-refractivity contribution >= 4 is 17.8 Å². The van der Waals surface area contributed by atoms with E-state index in [0.717, 1.165) is 24.0 Å². The third-order valence-electron chi connectivity index (χ3n) is 8.10. The van der Waals surface area contributed by atoms with Crippen molar-refractivity contribution in [1.29, 1.82) is 0 Å². The number of rotatable bonds is 10. The summed E-state index contributed by atoms with van der Waals surface area (Å²) in [4.78, 5) is 42.2. The van der Waals surface area contributed by atoms with E-state index in [1.54, 1.807) is 42.5 Å². The number of carbonyl (C=O) groups excluding carboxylic acids is 2. The van der Waals surface area contributed by atoms with Crippen molar-refractivity contribution in [3.8, 4) is 16.8 Å². The number of nitrogens with zero attached hydrogens (tertiary/aromatic N) is 3. The number of aromatic nitrogens is 2. The molecule has 3 aromatic carbocycles. The van der Waals surface area contributed by atoms with Crippen LogP contribution < -0.4 is 0 Å². The minimum atomic E-state index is -1.22. The van der Waals surface area contributed by atoms with Crippen LogP contribution in [0, 0.1) is 0 Å². The van der Waals surface area contributed by atoms with Crippen LogP contribution in [0.5, 0.6) is 0 Å². The molecule has 0 atom stereocenters. The Morgan fingerprint density at radius 2 is 1.67 bits per heavy atom. The third kappa shape index (κ3) is 7.05. The number of aromatic carboxylic acids is 1. The Bertz CT molecular complexity index is 1750. The molecule has 0 saturated heterocycles. The second-order valence-electron chi connectivity index (χ2n) is 12.6. The standard InChI is InChI=1S/C37H41N3O6/c1-5-6-11-31-32(33(35(43)44)38-40(31)28-15-12-24(13-16-28)19-21-41)29-17-14-26(36(45)46-37(2,3)4)22-30(29)34(42)39-20-18-25-9-7-8-10-27(25)23-39/h7-10,12-17,22,41H,5-6,11,18-21,23H2,1-4H3,(H,43,44). The van der Waals surface area contributed by atoms with E-state index >= 15 is 0 Å². The van der Waals surface area contributed by atoms with Crippen LogP contribution in [0.25, 0.3) is 16.8 Å². The van der Waals surface area contributed by atoms with E-state index in [0.29, 0.717) is 54.9 Å². The van der Waals surface area contributed by atoms with Gasteiger partial charge in [-0.2, -0.15) is 5.10 Å². The van der Waals surface area contributed by atoms with E-state index < -0.39 is 17.5 Å². The van der Waals surface area contributed by atoms with E-state index in [-0.39, 0.29) is 29.3 Å². The van der Waals surface area contributed by atoms with Crippen LogP contribution >= 0.6 is 0 Å². The predicted molar refractivity (Wildman–Crippen MR) is 175 cm³/mol. The first-order valence-electron chi connectivity index (χ1n) is 15.8. The molecule has 4 aromatic rings. The summed E-state index contributed by atoms with van der Waals surface area (Å²) >= 11 is 0. The van der Waals surface area contributed by atoms with E-state index in [4.69, 9.17) is 4.74 Å². The fourth-order valence-electron chi connectivity index (χ4n) is 5.85. The van der Waals surface area contributed by atoms with Crippen LogP contribution in [0.3, 0.4) is 0 Å². The smallest absolute Gasteiger partial charge is 0.357 e. The monoisotopic (exact) mass is 623 g/mol. The Hall–Kier alpha value is -4.76. The van der Waals surface area contributed by atoms with Crippen molar-refractivity contribution in [2.75, 3.05) is 13.2 Å². The average molecular weight is 624 g/mol. The normalized spacial score (nSPS) is 12.9. The van der Waals surface area contributed by atoms with Crippen molar-refractivity contribution in [3.05, 3.63) is 106 Å². The van der Waals surface area contributed by atoms with E-state index in [2.05, 4.69) is 18.1 Å². The number of carboxylic acids is 1. The lowest BCUT2D eigenvalue weighted by Crippen LogP contribution is -2.36. The molecule has 2 heterocycles. The Balaban J connectivity index is 1.69. The molecule has 9 heteroatoms. The fraction of sp³-hybridized carbons (Fsp3) is 0.351. The molecule has 0 bridgehead atoms. The van der Waals surface area contributed by atoms with Gasteiger partial charge in [0.2, 0.25) is 0 Å². The zero-order chi connectivity index (χ0) is 33.0. The van der Waals surface area contributed by atoms with Crippen molar-refractivity contribution < 1.29 is 29.3 Å². The molecule has 1 amide bonds. The van der Waals surface area contributed by atoms with Gasteiger partial charge in [-0.1, -0.05) is 55.8 Å².